The van der Waals surface area contributed by atoms with Gasteiger partial charge in [-0.1, -0.05) is 29.2 Å². The molecule has 0 nitrogen and oxygen atoms in total. The Morgan fingerprint density at radius 2 is 1.33 bits per heavy atom. The molecule has 0 heterocycles. The van der Waals surface area contributed by atoms with Gasteiger partial charge >= 0.3 is 32.7 Å². The second-order valence-corrected chi connectivity index (χ2v) is 3.99. The second-order valence-electron chi connectivity index (χ2n) is 3.99. The Balaban J connectivity index is 0. The van der Waals surface area contributed by atoms with Crippen LogP contribution >= 0.6 is 0 Å². The molecule has 0 aliphatic heterocycles. The molecule has 0 aromatic rings. The molecule has 0 spiro atoms. The van der Waals surface area contributed by atoms with Gasteiger partial charge in [0.1, 0.15) is 0 Å². The summed E-state index contributed by atoms with van der Waals surface area (Å²) in [6.45, 7) is 17.0. The summed E-state index contributed by atoms with van der Waals surface area (Å²) in [4.78, 5) is 0. The van der Waals surface area contributed by atoms with Gasteiger partial charge in [0.25, 0.3) is 0 Å². The number of allylic oxidation sites excluding steroid dienone is 4. The molecule has 1 aliphatic carbocycles. The van der Waals surface area contributed by atoms with Crippen LogP contribution in [0.5, 0.6) is 0 Å². The summed E-state index contributed by atoms with van der Waals surface area (Å²) < 4.78 is 0. The van der Waals surface area contributed by atoms with E-state index in [9.17, 15) is 0 Å². The van der Waals surface area contributed by atoms with E-state index in [0.29, 0.717) is 5.92 Å². The first kappa shape index (κ1) is 18.0. The maximum Gasteiger partial charge on any atom is 3.00 e. The van der Waals surface area contributed by atoms with E-state index in [-0.39, 0.29) is 32.7 Å². The monoisotopic (exact) mass is 281 g/mol. The molecular formula is C14H24Y+. The van der Waals surface area contributed by atoms with Crippen molar-refractivity contribution in [2.24, 2.45) is 5.92 Å². The van der Waals surface area contributed by atoms with Crippen LogP contribution < -0.4 is 0 Å². The van der Waals surface area contributed by atoms with Crippen molar-refractivity contribution >= 4 is 0 Å². The molecule has 0 aromatic heterocycles. The van der Waals surface area contributed by atoms with Crippen molar-refractivity contribution in [1.29, 1.82) is 0 Å². The fraction of sp³-hybridized carbons (Fsp3) is 0.571. The van der Waals surface area contributed by atoms with Gasteiger partial charge in [0.05, 0.1) is 0 Å². The number of hydrogen-bond donors (Lipinski definition) is 0. The topological polar surface area (TPSA) is 0 Å². The summed E-state index contributed by atoms with van der Waals surface area (Å²) in [5.74, 6) is 0.444. The van der Waals surface area contributed by atoms with Crippen molar-refractivity contribution in [1.82, 2.24) is 0 Å². The minimum absolute atomic E-state index is 0. The maximum absolute atomic E-state index is 4.08. The van der Waals surface area contributed by atoms with E-state index in [1.807, 2.05) is 0 Å². The van der Waals surface area contributed by atoms with Crippen LogP contribution in [0.15, 0.2) is 22.3 Å². The summed E-state index contributed by atoms with van der Waals surface area (Å²) in [5, 5.41) is 0. The minimum Gasteiger partial charge on any atom is -0.332 e. The summed E-state index contributed by atoms with van der Waals surface area (Å²) in [7, 11) is 0. The molecule has 1 rings (SSSR count). The van der Waals surface area contributed by atoms with Crippen LogP contribution in [-0.4, -0.2) is 0 Å². The Kier molecular flexibility index (Phi) is 10.4. The largest absolute Gasteiger partial charge is 3.00 e. The van der Waals surface area contributed by atoms with Crippen LogP contribution in [0.4, 0.5) is 0 Å². The molecular weight excluding hydrogens is 257 g/mol. The van der Waals surface area contributed by atoms with Gasteiger partial charge in [-0.2, -0.15) is 13.3 Å². The Bertz CT molecular complexity index is 220. The van der Waals surface area contributed by atoms with Gasteiger partial charge in [-0.25, -0.2) is 0 Å². The number of unbranched alkanes of at least 4 members (excludes halogenated alkanes) is 1. The molecule has 0 bridgehead atoms. The van der Waals surface area contributed by atoms with E-state index in [1.165, 1.54) is 28.7 Å². The number of rotatable bonds is 1. The zero-order chi connectivity index (χ0) is 11.3. The first-order chi connectivity index (χ1) is 6.47. The van der Waals surface area contributed by atoms with Gasteiger partial charge < -0.3 is 13.3 Å². The molecule has 0 atom stereocenters. The van der Waals surface area contributed by atoms with Gasteiger partial charge in [-0.05, 0) is 27.7 Å². The third kappa shape index (κ3) is 4.96. The average Bonchev–Trinajstić information content (AvgIpc) is 2.37. The Hall–Kier alpha value is 0.584. The van der Waals surface area contributed by atoms with E-state index in [0.717, 1.165) is 0 Å². The van der Waals surface area contributed by atoms with Crippen molar-refractivity contribution in [3.05, 3.63) is 35.6 Å². The summed E-state index contributed by atoms with van der Waals surface area (Å²) in [6.07, 6.45) is 3.32. The molecule has 0 unspecified atom stereocenters. The van der Waals surface area contributed by atoms with Crippen LogP contribution in [0.25, 0.3) is 0 Å². The van der Waals surface area contributed by atoms with Gasteiger partial charge in [-0.15, -0.1) is 5.92 Å². The van der Waals surface area contributed by atoms with E-state index >= 15 is 0 Å². The molecule has 0 amide bonds. The Morgan fingerprint density at radius 3 is 1.40 bits per heavy atom. The summed E-state index contributed by atoms with van der Waals surface area (Å²) in [5.41, 5.74) is 5.76. The van der Waals surface area contributed by atoms with Crippen LogP contribution in [-0.2, 0) is 32.7 Å². The predicted octanol–water partition coefficient (Wildman–Crippen LogP) is 4.74. The van der Waals surface area contributed by atoms with Crippen LogP contribution in [0.2, 0.25) is 0 Å². The fourth-order valence-electron chi connectivity index (χ4n) is 1.44. The Morgan fingerprint density at radius 1 is 1.07 bits per heavy atom. The van der Waals surface area contributed by atoms with Gasteiger partial charge in [0, 0.05) is 0 Å². The SMILES string of the molecule is C[CH-]CC.[CH2-]C1C(C)=C(C)C(C)=C1C.[Y+3]. The molecule has 0 radical (unpaired) electrons. The molecule has 0 saturated carbocycles. The first-order valence-corrected chi connectivity index (χ1v) is 5.43. The van der Waals surface area contributed by atoms with Crippen molar-refractivity contribution in [3.8, 4) is 0 Å². The van der Waals surface area contributed by atoms with E-state index in [2.05, 4.69) is 54.9 Å². The van der Waals surface area contributed by atoms with Crippen molar-refractivity contribution in [3.63, 3.8) is 0 Å². The van der Waals surface area contributed by atoms with Crippen molar-refractivity contribution in [2.75, 3.05) is 0 Å². The van der Waals surface area contributed by atoms with Gasteiger partial charge in [0.2, 0.25) is 0 Å². The van der Waals surface area contributed by atoms with Crippen LogP contribution in [0, 0.1) is 19.3 Å². The molecule has 1 aliphatic rings. The predicted molar refractivity (Wildman–Crippen MR) is 65.9 cm³/mol. The molecule has 0 saturated heterocycles. The maximum atomic E-state index is 4.08. The standard InChI is InChI=1S/C10H15.C4H9.Y/c1-6-7(2)9(4)10(5)8(6)3;1-3-4-2;/h6H,1H2,2-5H3;3H,4H2,1-2H3;/q2*-1;+3. The Labute approximate surface area is 121 Å². The summed E-state index contributed by atoms with van der Waals surface area (Å²) >= 11 is 0. The molecule has 0 aromatic carbocycles. The van der Waals surface area contributed by atoms with Gasteiger partial charge in [0.15, 0.2) is 0 Å². The molecule has 0 N–H and O–H groups in total. The van der Waals surface area contributed by atoms with Crippen molar-refractivity contribution in [2.45, 2.75) is 48.0 Å². The zero-order valence-electron chi connectivity index (χ0n) is 11.1. The molecule has 1 heteroatoms. The van der Waals surface area contributed by atoms with E-state index in [1.54, 1.807) is 0 Å². The molecule has 0 fully saturated rings. The minimum atomic E-state index is 0. The van der Waals surface area contributed by atoms with Gasteiger partial charge in [-0.3, -0.25) is 0 Å². The molecule has 15 heavy (non-hydrogen) atoms. The van der Waals surface area contributed by atoms with Crippen molar-refractivity contribution < 1.29 is 32.7 Å². The van der Waals surface area contributed by atoms with E-state index < -0.39 is 0 Å². The van der Waals surface area contributed by atoms with Crippen LogP contribution in [0.3, 0.4) is 0 Å². The summed E-state index contributed by atoms with van der Waals surface area (Å²) in [6, 6.07) is 0. The quantitative estimate of drug-likeness (QED) is 0.609. The first-order valence-electron chi connectivity index (χ1n) is 5.43. The normalized spacial score (nSPS) is 16.2. The third-order valence-electron chi connectivity index (χ3n) is 3.20. The third-order valence-corrected chi connectivity index (χ3v) is 3.20. The molecule has 82 valence electrons. The number of hydrogen-bond acceptors (Lipinski definition) is 0. The smallest absolute Gasteiger partial charge is 0.332 e. The van der Waals surface area contributed by atoms with E-state index in [4.69, 9.17) is 0 Å². The fourth-order valence-corrected chi connectivity index (χ4v) is 1.44. The van der Waals surface area contributed by atoms with Crippen LogP contribution in [0.1, 0.15) is 48.0 Å². The average molecular weight is 281 g/mol. The second kappa shape index (κ2) is 8.70. The zero-order valence-corrected chi connectivity index (χ0v) is 14.0.